The van der Waals surface area contributed by atoms with Crippen molar-refractivity contribution in [2.75, 3.05) is 6.54 Å². The molecule has 1 atom stereocenters. The average Bonchev–Trinajstić information content (AvgIpc) is 2.21. The smallest absolute Gasteiger partial charge is 0.253 e. The van der Waals surface area contributed by atoms with Crippen LogP contribution in [0.2, 0.25) is 5.02 Å². The Labute approximate surface area is 120 Å². The summed E-state index contributed by atoms with van der Waals surface area (Å²) in [6.07, 6.45) is 0. The van der Waals surface area contributed by atoms with Gasteiger partial charge in [-0.3, -0.25) is 4.79 Å². The molecular formula is C10H13Cl2IN2O. The first-order valence-electron chi connectivity index (χ1n) is 4.50. The Morgan fingerprint density at radius 1 is 1.62 bits per heavy atom. The van der Waals surface area contributed by atoms with Crippen LogP contribution in [0.15, 0.2) is 18.2 Å². The molecule has 0 radical (unpaired) electrons. The van der Waals surface area contributed by atoms with E-state index in [1.807, 2.05) is 13.0 Å². The predicted molar refractivity (Wildman–Crippen MR) is 77.4 cm³/mol. The van der Waals surface area contributed by atoms with Gasteiger partial charge < -0.3 is 11.1 Å². The highest BCUT2D eigenvalue weighted by atomic mass is 127. The molecule has 0 heterocycles. The molecule has 16 heavy (non-hydrogen) atoms. The van der Waals surface area contributed by atoms with Gasteiger partial charge in [0.25, 0.3) is 5.91 Å². The minimum atomic E-state index is -0.184. The van der Waals surface area contributed by atoms with Gasteiger partial charge in [0.15, 0.2) is 0 Å². The van der Waals surface area contributed by atoms with Gasteiger partial charge in [-0.1, -0.05) is 11.6 Å². The fourth-order valence-electron chi connectivity index (χ4n) is 1.03. The van der Waals surface area contributed by atoms with Gasteiger partial charge >= 0.3 is 0 Å². The normalized spacial score (nSPS) is 11.5. The van der Waals surface area contributed by atoms with Crippen LogP contribution in [0.4, 0.5) is 0 Å². The topological polar surface area (TPSA) is 55.1 Å². The summed E-state index contributed by atoms with van der Waals surface area (Å²) in [5.74, 6) is -0.184. The molecule has 1 aromatic carbocycles. The van der Waals surface area contributed by atoms with Crippen LogP contribution in [-0.2, 0) is 0 Å². The van der Waals surface area contributed by atoms with E-state index in [0.717, 1.165) is 3.57 Å². The molecule has 0 spiro atoms. The summed E-state index contributed by atoms with van der Waals surface area (Å²) < 4.78 is 0.975. The van der Waals surface area contributed by atoms with Crippen molar-refractivity contribution in [3.63, 3.8) is 0 Å². The van der Waals surface area contributed by atoms with Crippen LogP contribution in [0, 0.1) is 3.57 Å². The first-order valence-corrected chi connectivity index (χ1v) is 5.96. The molecule has 0 aliphatic carbocycles. The number of hydrogen-bond donors (Lipinski definition) is 2. The van der Waals surface area contributed by atoms with E-state index in [4.69, 9.17) is 17.3 Å². The van der Waals surface area contributed by atoms with Gasteiger partial charge in [0.05, 0.1) is 10.6 Å². The Morgan fingerprint density at radius 3 is 2.81 bits per heavy atom. The number of carbonyl (C=O) groups is 1. The predicted octanol–water partition coefficient (Wildman–Crippen LogP) is 2.44. The largest absolute Gasteiger partial charge is 0.348 e. The third kappa shape index (κ3) is 4.45. The van der Waals surface area contributed by atoms with E-state index in [-0.39, 0.29) is 24.4 Å². The standard InChI is InChI=1S/C10H12ClIN2O.ClH/c1-6(5-13)14-10(15)8-4-7(12)2-3-9(8)11;/h2-4,6H,5,13H2,1H3,(H,14,15);1H/t6-;/m1./s1. The Bertz CT molecular complexity index is 374. The summed E-state index contributed by atoms with van der Waals surface area (Å²) in [5.41, 5.74) is 5.91. The molecule has 3 N–H and O–H groups in total. The van der Waals surface area contributed by atoms with Crippen LogP contribution in [0.5, 0.6) is 0 Å². The number of hydrogen-bond acceptors (Lipinski definition) is 2. The number of amides is 1. The summed E-state index contributed by atoms with van der Waals surface area (Å²) in [6.45, 7) is 2.26. The molecular weight excluding hydrogens is 362 g/mol. The maximum atomic E-state index is 11.7. The molecule has 0 aliphatic heterocycles. The average molecular weight is 375 g/mol. The Morgan fingerprint density at radius 2 is 2.25 bits per heavy atom. The van der Waals surface area contributed by atoms with E-state index in [1.165, 1.54) is 0 Å². The first-order chi connectivity index (χ1) is 7.04. The fraction of sp³-hybridized carbons (Fsp3) is 0.300. The molecule has 3 nitrogen and oxygen atoms in total. The van der Waals surface area contributed by atoms with Gasteiger partial charge in [-0.25, -0.2) is 0 Å². The highest BCUT2D eigenvalue weighted by Gasteiger charge is 2.12. The molecule has 0 fully saturated rings. The summed E-state index contributed by atoms with van der Waals surface area (Å²) in [6, 6.07) is 5.27. The maximum absolute atomic E-state index is 11.7. The zero-order chi connectivity index (χ0) is 11.4. The summed E-state index contributed by atoms with van der Waals surface area (Å²) >= 11 is 8.06. The van der Waals surface area contributed by atoms with E-state index in [1.54, 1.807) is 12.1 Å². The number of benzene rings is 1. The molecule has 0 saturated heterocycles. The Hall–Kier alpha value is -0.0400. The second-order valence-corrected chi connectivity index (χ2v) is 4.89. The van der Waals surface area contributed by atoms with Crippen LogP contribution < -0.4 is 11.1 Å². The summed E-state index contributed by atoms with van der Waals surface area (Å²) in [4.78, 5) is 11.7. The van der Waals surface area contributed by atoms with E-state index < -0.39 is 0 Å². The third-order valence-electron chi connectivity index (χ3n) is 1.90. The minimum absolute atomic E-state index is 0. The number of rotatable bonds is 3. The Balaban J connectivity index is 0.00000225. The van der Waals surface area contributed by atoms with E-state index in [9.17, 15) is 4.79 Å². The van der Waals surface area contributed by atoms with Crippen molar-refractivity contribution >= 4 is 52.5 Å². The third-order valence-corrected chi connectivity index (χ3v) is 2.90. The SMILES string of the molecule is C[C@H](CN)NC(=O)c1cc(I)ccc1Cl.Cl. The Kier molecular flexibility index (Phi) is 7.30. The molecule has 0 unspecified atom stereocenters. The molecule has 0 aromatic heterocycles. The fourth-order valence-corrected chi connectivity index (χ4v) is 1.73. The van der Waals surface area contributed by atoms with Crippen LogP contribution in [0.1, 0.15) is 17.3 Å². The van der Waals surface area contributed by atoms with Crippen LogP contribution >= 0.6 is 46.6 Å². The van der Waals surface area contributed by atoms with Gasteiger partial charge in [-0.05, 0) is 47.7 Å². The molecule has 1 aromatic rings. The van der Waals surface area contributed by atoms with Gasteiger partial charge in [0, 0.05) is 16.2 Å². The number of halogens is 3. The van der Waals surface area contributed by atoms with E-state index in [2.05, 4.69) is 27.9 Å². The second-order valence-electron chi connectivity index (χ2n) is 3.23. The van der Waals surface area contributed by atoms with Crippen molar-refractivity contribution in [3.8, 4) is 0 Å². The lowest BCUT2D eigenvalue weighted by Gasteiger charge is -2.12. The highest BCUT2D eigenvalue weighted by molar-refractivity contribution is 14.1. The van der Waals surface area contributed by atoms with Gasteiger partial charge in [0.1, 0.15) is 0 Å². The molecule has 6 heteroatoms. The molecule has 1 rings (SSSR count). The molecule has 0 bridgehead atoms. The number of nitrogens with one attached hydrogen (secondary N) is 1. The van der Waals surface area contributed by atoms with Gasteiger partial charge in [-0.15, -0.1) is 12.4 Å². The number of nitrogens with two attached hydrogens (primary N) is 1. The molecule has 0 aliphatic rings. The summed E-state index contributed by atoms with van der Waals surface area (Å²) in [5, 5.41) is 3.22. The molecule has 90 valence electrons. The highest BCUT2D eigenvalue weighted by Crippen LogP contribution is 2.18. The molecule has 1 amide bonds. The van der Waals surface area contributed by atoms with Crippen LogP contribution in [0.25, 0.3) is 0 Å². The lowest BCUT2D eigenvalue weighted by Crippen LogP contribution is -2.37. The van der Waals surface area contributed by atoms with Crippen LogP contribution in [-0.4, -0.2) is 18.5 Å². The zero-order valence-electron chi connectivity index (χ0n) is 8.67. The van der Waals surface area contributed by atoms with E-state index in [0.29, 0.717) is 17.1 Å². The summed E-state index contributed by atoms with van der Waals surface area (Å²) in [7, 11) is 0. The van der Waals surface area contributed by atoms with Gasteiger partial charge in [-0.2, -0.15) is 0 Å². The van der Waals surface area contributed by atoms with E-state index >= 15 is 0 Å². The maximum Gasteiger partial charge on any atom is 0.253 e. The van der Waals surface area contributed by atoms with Crippen molar-refractivity contribution in [2.24, 2.45) is 5.73 Å². The quantitative estimate of drug-likeness (QED) is 0.798. The van der Waals surface area contributed by atoms with Crippen molar-refractivity contribution in [1.82, 2.24) is 5.32 Å². The van der Waals surface area contributed by atoms with Crippen molar-refractivity contribution in [1.29, 1.82) is 0 Å². The van der Waals surface area contributed by atoms with Gasteiger partial charge in [0.2, 0.25) is 0 Å². The van der Waals surface area contributed by atoms with Crippen molar-refractivity contribution in [3.05, 3.63) is 32.4 Å². The monoisotopic (exact) mass is 374 g/mol. The lowest BCUT2D eigenvalue weighted by molar-refractivity contribution is 0.0941. The number of carbonyl (C=O) groups excluding carboxylic acids is 1. The molecule has 0 saturated carbocycles. The lowest BCUT2D eigenvalue weighted by atomic mass is 10.2. The zero-order valence-corrected chi connectivity index (χ0v) is 12.4. The second kappa shape index (κ2) is 7.32. The van der Waals surface area contributed by atoms with Crippen molar-refractivity contribution < 1.29 is 4.79 Å². The van der Waals surface area contributed by atoms with Crippen molar-refractivity contribution in [2.45, 2.75) is 13.0 Å². The minimum Gasteiger partial charge on any atom is -0.348 e. The van der Waals surface area contributed by atoms with Crippen LogP contribution in [0.3, 0.4) is 0 Å². The first kappa shape index (κ1) is 16.0.